The number of nitrogens with one attached hydrogen (secondary N) is 2. The highest BCUT2D eigenvalue weighted by Gasteiger charge is 2.16. The van der Waals surface area contributed by atoms with Crippen molar-refractivity contribution in [3.8, 4) is 11.3 Å². The first kappa shape index (κ1) is 19.2. The van der Waals surface area contributed by atoms with Gasteiger partial charge in [-0.3, -0.25) is 14.9 Å². The standard InChI is InChI=1S/C18H19ClN4O4/c19-11-15(24)22-18-20-9-8-14(21-18)12-4-6-13(7-5-12)17(25)23-27-16-3-1-2-10-26-16/h4-9,16H,1-3,10-11H2,(H,23,25)(H,20,21,22,24). The van der Waals surface area contributed by atoms with Gasteiger partial charge in [0.15, 0.2) is 6.29 Å². The minimum absolute atomic E-state index is 0.167. The second-order valence-electron chi connectivity index (χ2n) is 5.87. The van der Waals surface area contributed by atoms with Crippen molar-refractivity contribution in [1.29, 1.82) is 0 Å². The topological polar surface area (TPSA) is 102 Å². The molecule has 142 valence electrons. The second-order valence-corrected chi connectivity index (χ2v) is 6.14. The van der Waals surface area contributed by atoms with Gasteiger partial charge in [-0.15, -0.1) is 11.6 Å². The van der Waals surface area contributed by atoms with Gasteiger partial charge in [0.05, 0.1) is 5.69 Å². The fourth-order valence-corrected chi connectivity index (χ4v) is 2.58. The highest BCUT2D eigenvalue weighted by molar-refractivity contribution is 6.28. The van der Waals surface area contributed by atoms with Crippen LogP contribution in [-0.2, 0) is 14.4 Å². The summed E-state index contributed by atoms with van der Waals surface area (Å²) in [7, 11) is 0. The molecule has 0 spiro atoms. The zero-order valence-corrected chi connectivity index (χ0v) is 15.2. The third-order valence-electron chi connectivity index (χ3n) is 3.89. The number of hydrogen-bond acceptors (Lipinski definition) is 6. The molecule has 0 aliphatic carbocycles. The predicted molar refractivity (Wildman–Crippen MR) is 99.0 cm³/mol. The molecule has 2 amide bonds. The van der Waals surface area contributed by atoms with E-state index >= 15 is 0 Å². The van der Waals surface area contributed by atoms with Gasteiger partial charge in [0.1, 0.15) is 5.88 Å². The van der Waals surface area contributed by atoms with Gasteiger partial charge in [0, 0.05) is 30.4 Å². The fraction of sp³-hybridized carbons (Fsp3) is 0.333. The minimum atomic E-state index is -0.399. The van der Waals surface area contributed by atoms with Crippen molar-refractivity contribution < 1.29 is 19.2 Å². The molecule has 0 bridgehead atoms. The number of rotatable bonds is 6. The Hall–Kier alpha value is -2.55. The number of nitrogens with zero attached hydrogens (tertiary/aromatic N) is 2. The lowest BCUT2D eigenvalue weighted by Crippen LogP contribution is -2.33. The zero-order chi connectivity index (χ0) is 19.1. The van der Waals surface area contributed by atoms with E-state index in [2.05, 4.69) is 20.8 Å². The van der Waals surface area contributed by atoms with Crippen LogP contribution >= 0.6 is 11.6 Å². The molecule has 9 heteroatoms. The molecule has 2 aromatic rings. The number of ether oxygens (including phenoxy) is 1. The van der Waals surface area contributed by atoms with Crippen molar-refractivity contribution in [3.05, 3.63) is 42.1 Å². The summed E-state index contributed by atoms with van der Waals surface area (Å²) in [5.41, 5.74) is 4.23. The number of carbonyl (C=O) groups is 2. The Labute approximate surface area is 161 Å². The van der Waals surface area contributed by atoms with Gasteiger partial charge in [-0.25, -0.2) is 20.3 Å². The fourth-order valence-electron chi connectivity index (χ4n) is 2.51. The number of benzene rings is 1. The van der Waals surface area contributed by atoms with Crippen LogP contribution in [0.4, 0.5) is 5.95 Å². The third-order valence-corrected chi connectivity index (χ3v) is 4.13. The first-order valence-corrected chi connectivity index (χ1v) is 9.06. The summed E-state index contributed by atoms with van der Waals surface area (Å²) >= 11 is 5.46. The summed E-state index contributed by atoms with van der Waals surface area (Å²) in [6, 6.07) is 8.53. The number of anilines is 1. The van der Waals surface area contributed by atoms with Crippen LogP contribution in [0.2, 0.25) is 0 Å². The lowest BCUT2D eigenvalue weighted by molar-refractivity contribution is -0.186. The van der Waals surface area contributed by atoms with Gasteiger partial charge in [-0.2, -0.15) is 0 Å². The van der Waals surface area contributed by atoms with E-state index in [0.29, 0.717) is 17.9 Å². The number of amides is 2. The molecule has 1 unspecified atom stereocenters. The Kier molecular flexibility index (Phi) is 6.69. The number of aromatic nitrogens is 2. The van der Waals surface area contributed by atoms with Gasteiger partial charge in [-0.05, 0) is 31.0 Å². The van der Waals surface area contributed by atoms with Crippen molar-refractivity contribution >= 4 is 29.4 Å². The second kappa shape index (κ2) is 9.40. The monoisotopic (exact) mass is 390 g/mol. The molecule has 8 nitrogen and oxygen atoms in total. The van der Waals surface area contributed by atoms with Crippen LogP contribution in [0.25, 0.3) is 11.3 Å². The van der Waals surface area contributed by atoms with Crippen molar-refractivity contribution in [2.45, 2.75) is 25.6 Å². The van der Waals surface area contributed by atoms with Crippen LogP contribution < -0.4 is 10.8 Å². The molecule has 1 aliphatic heterocycles. The van der Waals surface area contributed by atoms with Gasteiger partial charge in [0.25, 0.3) is 5.91 Å². The van der Waals surface area contributed by atoms with E-state index in [9.17, 15) is 9.59 Å². The number of halogens is 1. The number of hydrogen-bond donors (Lipinski definition) is 2. The average Bonchev–Trinajstić information content (AvgIpc) is 2.73. The first-order valence-electron chi connectivity index (χ1n) is 8.52. The van der Waals surface area contributed by atoms with Crippen LogP contribution in [0.15, 0.2) is 36.5 Å². The Balaban J connectivity index is 1.61. The molecule has 1 fully saturated rings. The van der Waals surface area contributed by atoms with Crippen LogP contribution in [0, 0.1) is 0 Å². The molecule has 1 atom stereocenters. The summed E-state index contributed by atoms with van der Waals surface area (Å²) in [4.78, 5) is 37.0. The van der Waals surface area contributed by atoms with Crippen molar-refractivity contribution in [2.75, 3.05) is 17.8 Å². The summed E-state index contributed by atoms with van der Waals surface area (Å²) in [6.07, 6.45) is 3.92. The normalized spacial score (nSPS) is 16.6. The Morgan fingerprint density at radius 1 is 1.22 bits per heavy atom. The van der Waals surface area contributed by atoms with E-state index in [-0.39, 0.29) is 23.6 Å². The maximum atomic E-state index is 12.2. The van der Waals surface area contributed by atoms with Gasteiger partial charge in [0.2, 0.25) is 11.9 Å². The number of hydroxylamine groups is 1. The molecule has 1 aromatic heterocycles. The molecular weight excluding hydrogens is 372 g/mol. The molecule has 0 saturated carbocycles. The smallest absolute Gasteiger partial charge is 0.274 e. The van der Waals surface area contributed by atoms with Crippen molar-refractivity contribution in [2.24, 2.45) is 0 Å². The van der Waals surface area contributed by atoms with E-state index in [0.717, 1.165) is 24.8 Å². The van der Waals surface area contributed by atoms with Crippen LogP contribution in [-0.4, -0.2) is 40.6 Å². The molecule has 2 N–H and O–H groups in total. The average molecular weight is 391 g/mol. The summed E-state index contributed by atoms with van der Waals surface area (Å²) < 4.78 is 5.40. The molecular formula is C18H19ClN4O4. The highest BCUT2D eigenvalue weighted by atomic mass is 35.5. The summed E-state index contributed by atoms with van der Waals surface area (Å²) in [5.74, 6) is -0.747. The maximum Gasteiger partial charge on any atom is 0.274 e. The van der Waals surface area contributed by atoms with Crippen LogP contribution in [0.1, 0.15) is 29.6 Å². The summed E-state index contributed by atoms with van der Waals surface area (Å²) in [6.45, 7) is 0.640. The first-order chi connectivity index (χ1) is 13.2. The lowest BCUT2D eigenvalue weighted by Gasteiger charge is -2.22. The van der Waals surface area contributed by atoms with Gasteiger partial charge < -0.3 is 4.74 Å². The lowest BCUT2D eigenvalue weighted by atomic mass is 10.1. The number of alkyl halides is 1. The van der Waals surface area contributed by atoms with E-state index in [1.54, 1.807) is 30.3 Å². The van der Waals surface area contributed by atoms with Crippen LogP contribution in [0.3, 0.4) is 0 Å². The largest absolute Gasteiger partial charge is 0.350 e. The third kappa shape index (κ3) is 5.46. The van der Waals surface area contributed by atoms with E-state index in [1.165, 1.54) is 6.20 Å². The molecule has 1 aliphatic rings. The molecule has 0 radical (unpaired) electrons. The molecule has 1 aromatic carbocycles. The Morgan fingerprint density at radius 3 is 2.74 bits per heavy atom. The molecule has 27 heavy (non-hydrogen) atoms. The number of carbonyl (C=O) groups excluding carboxylic acids is 2. The molecule has 3 rings (SSSR count). The SMILES string of the molecule is O=C(CCl)Nc1nccc(-c2ccc(C(=O)NOC3CCCCO3)cc2)n1. The molecule has 1 saturated heterocycles. The maximum absolute atomic E-state index is 12.2. The predicted octanol–water partition coefficient (Wildman–Crippen LogP) is 2.51. The highest BCUT2D eigenvalue weighted by Crippen LogP contribution is 2.19. The van der Waals surface area contributed by atoms with E-state index < -0.39 is 6.29 Å². The zero-order valence-electron chi connectivity index (χ0n) is 14.5. The van der Waals surface area contributed by atoms with E-state index in [1.807, 2.05) is 0 Å². The molecule has 2 heterocycles. The van der Waals surface area contributed by atoms with Crippen molar-refractivity contribution in [3.63, 3.8) is 0 Å². The Morgan fingerprint density at radius 2 is 2.04 bits per heavy atom. The summed E-state index contributed by atoms with van der Waals surface area (Å²) in [5, 5.41) is 2.49. The van der Waals surface area contributed by atoms with E-state index in [4.69, 9.17) is 21.2 Å². The quantitative estimate of drug-likeness (QED) is 0.580. The van der Waals surface area contributed by atoms with Gasteiger partial charge >= 0.3 is 0 Å². The Bertz CT molecular complexity index is 794. The van der Waals surface area contributed by atoms with Gasteiger partial charge in [-0.1, -0.05) is 12.1 Å². The van der Waals surface area contributed by atoms with Crippen LogP contribution in [0.5, 0.6) is 0 Å². The van der Waals surface area contributed by atoms with Crippen molar-refractivity contribution in [1.82, 2.24) is 15.4 Å². The minimum Gasteiger partial charge on any atom is -0.350 e.